The molecule has 0 atom stereocenters. The molecule has 0 aliphatic carbocycles. The molecule has 1 N–H and O–H groups in total. The minimum absolute atomic E-state index is 0.514. The van der Waals surface area contributed by atoms with Crippen LogP contribution < -0.4 is 0 Å². The average Bonchev–Trinajstić information content (AvgIpc) is 2.51. The van der Waals surface area contributed by atoms with Crippen LogP contribution in [0.1, 0.15) is 76.8 Å². The topological polar surface area (TPSA) is 20.2 Å². The van der Waals surface area contributed by atoms with Crippen molar-refractivity contribution in [2.75, 3.05) is 5.75 Å². The molecule has 0 spiro atoms. The molecule has 1 aromatic carbocycles. The van der Waals surface area contributed by atoms with E-state index in [4.69, 9.17) is 0 Å². The van der Waals surface area contributed by atoms with E-state index in [0.717, 1.165) is 24.0 Å². The predicted molar refractivity (Wildman–Crippen MR) is 95.6 cm³/mol. The van der Waals surface area contributed by atoms with Crippen LogP contribution in [0.2, 0.25) is 0 Å². The van der Waals surface area contributed by atoms with Gasteiger partial charge in [0.25, 0.3) is 0 Å². The van der Waals surface area contributed by atoms with E-state index in [1.807, 2.05) is 11.8 Å². The Hall–Kier alpha value is -0.630. The Balaban J connectivity index is 2.32. The summed E-state index contributed by atoms with van der Waals surface area (Å²) in [5.74, 6) is 1.71. The van der Waals surface area contributed by atoms with Crippen LogP contribution in [-0.2, 0) is 12.8 Å². The standard InChI is InChI=1S/C19H32OS/c1-4-7-8-9-10-11-12-13-21-18-14-16(5-2)19(20)17(6-3)15-18/h14-15,20H,4-13H2,1-3H3. The van der Waals surface area contributed by atoms with Crippen LogP contribution in [0, 0.1) is 0 Å². The molecule has 21 heavy (non-hydrogen) atoms. The average molecular weight is 309 g/mol. The molecule has 1 aromatic rings. The monoisotopic (exact) mass is 308 g/mol. The van der Waals surface area contributed by atoms with Crippen molar-refractivity contribution < 1.29 is 5.11 Å². The van der Waals surface area contributed by atoms with E-state index in [2.05, 4.69) is 32.9 Å². The molecule has 2 heteroatoms. The van der Waals surface area contributed by atoms with Gasteiger partial charge in [-0.05, 0) is 48.3 Å². The highest BCUT2D eigenvalue weighted by Gasteiger charge is 2.07. The van der Waals surface area contributed by atoms with Crippen LogP contribution in [0.3, 0.4) is 0 Å². The lowest BCUT2D eigenvalue weighted by Gasteiger charge is -2.11. The van der Waals surface area contributed by atoms with Crippen LogP contribution in [-0.4, -0.2) is 10.9 Å². The molecule has 0 aliphatic heterocycles. The van der Waals surface area contributed by atoms with Crippen molar-refractivity contribution in [1.82, 2.24) is 0 Å². The van der Waals surface area contributed by atoms with Crippen molar-refractivity contribution in [2.45, 2.75) is 83.5 Å². The van der Waals surface area contributed by atoms with Gasteiger partial charge < -0.3 is 5.11 Å². The molecule has 0 saturated heterocycles. The lowest BCUT2D eigenvalue weighted by atomic mass is 10.1. The number of hydrogen-bond donors (Lipinski definition) is 1. The molecule has 1 nitrogen and oxygen atoms in total. The van der Waals surface area contributed by atoms with Crippen LogP contribution >= 0.6 is 11.8 Å². The van der Waals surface area contributed by atoms with E-state index in [9.17, 15) is 5.11 Å². The number of benzene rings is 1. The number of rotatable bonds is 11. The van der Waals surface area contributed by atoms with Gasteiger partial charge in [0.1, 0.15) is 5.75 Å². The summed E-state index contributed by atoms with van der Waals surface area (Å²) in [6, 6.07) is 4.33. The first-order chi connectivity index (χ1) is 10.2. The van der Waals surface area contributed by atoms with Gasteiger partial charge in [0.05, 0.1) is 0 Å². The van der Waals surface area contributed by atoms with Crippen molar-refractivity contribution in [3.63, 3.8) is 0 Å². The maximum absolute atomic E-state index is 10.1. The molecule has 0 heterocycles. The van der Waals surface area contributed by atoms with Crippen molar-refractivity contribution >= 4 is 11.8 Å². The zero-order valence-electron chi connectivity index (χ0n) is 14.1. The van der Waals surface area contributed by atoms with E-state index in [-0.39, 0.29) is 0 Å². The van der Waals surface area contributed by atoms with Gasteiger partial charge in [-0.15, -0.1) is 11.8 Å². The van der Waals surface area contributed by atoms with E-state index < -0.39 is 0 Å². The Morgan fingerprint density at radius 2 is 1.33 bits per heavy atom. The van der Waals surface area contributed by atoms with E-state index in [1.54, 1.807) is 0 Å². The highest BCUT2D eigenvalue weighted by atomic mass is 32.2. The Bertz CT molecular complexity index is 376. The van der Waals surface area contributed by atoms with Gasteiger partial charge in [0, 0.05) is 4.90 Å². The quantitative estimate of drug-likeness (QED) is 0.379. The first-order valence-corrected chi connectivity index (χ1v) is 9.69. The van der Waals surface area contributed by atoms with Crippen molar-refractivity contribution in [2.24, 2.45) is 0 Å². The predicted octanol–water partition coefficient (Wildman–Crippen LogP) is 6.36. The van der Waals surface area contributed by atoms with E-state index >= 15 is 0 Å². The van der Waals surface area contributed by atoms with Gasteiger partial charge in [0.2, 0.25) is 0 Å². The number of phenols is 1. The molecular formula is C19H32OS. The molecule has 0 aliphatic rings. The smallest absolute Gasteiger partial charge is 0.122 e. The highest BCUT2D eigenvalue weighted by molar-refractivity contribution is 7.99. The number of phenolic OH excluding ortho intramolecular Hbond substituents is 1. The molecule has 0 amide bonds. The molecule has 120 valence electrons. The number of aryl methyl sites for hydroxylation is 2. The number of thioether (sulfide) groups is 1. The van der Waals surface area contributed by atoms with E-state index in [1.165, 1.54) is 55.6 Å². The maximum atomic E-state index is 10.1. The van der Waals surface area contributed by atoms with Crippen molar-refractivity contribution in [3.8, 4) is 5.75 Å². The Kier molecular flexibility index (Phi) is 9.65. The largest absolute Gasteiger partial charge is 0.507 e. The van der Waals surface area contributed by atoms with Crippen LogP contribution in [0.15, 0.2) is 17.0 Å². The van der Waals surface area contributed by atoms with Crippen molar-refractivity contribution in [3.05, 3.63) is 23.3 Å². The second-order valence-electron chi connectivity index (χ2n) is 5.77. The molecule has 0 bridgehead atoms. The molecule has 0 fully saturated rings. The Morgan fingerprint density at radius 3 is 1.86 bits per heavy atom. The fourth-order valence-corrected chi connectivity index (χ4v) is 3.63. The van der Waals surface area contributed by atoms with Gasteiger partial charge in [-0.2, -0.15) is 0 Å². The molecule has 0 radical (unpaired) electrons. The fraction of sp³-hybridized carbons (Fsp3) is 0.684. The van der Waals surface area contributed by atoms with Crippen LogP contribution in [0.5, 0.6) is 5.75 Å². The molecule has 0 unspecified atom stereocenters. The third kappa shape index (κ3) is 6.78. The fourth-order valence-electron chi connectivity index (χ4n) is 2.60. The second kappa shape index (κ2) is 11.0. The normalized spacial score (nSPS) is 11.0. The SMILES string of the molecule is CCCCCCCCCSc1cc(CC)c(O)c(CC)c1. The van der Waals surface area contributed by atoms with Gasteiger partial charge in [-0.3, -0.25) is 0 Å². The van der Waals surface area contributed by atoms with Crippen LogP contribution in [0.25, 0.3) is 0 Å². The molecular weight excluding hydrogens is 276 g/mol. The summed E-state index contributed by atoms with van der Waals surface area (Å²) >= 11 is 1.95. The molecule has 0 saturated carbocycles. The molecule has 0 aromatic heterocycles. The first-order valence-electron chi connectivity index (χ1n) is 8.70. The summed E-state index contributed by atoms with van der Waals surface area (Å²) in [5, 5.41) is 10.1. The summed E-state index contributed by atoms with van der Waals surface area (Å²) in [4.78, 5) is 1.33. The van der Waals surface area contributed by atoms with Gasteiger partial charge in [-0.25, -0.2) is 0 Å². The first kappa shape index (κ1) is 18.4. The minimum Gasteiger partial charge on any atom is -0.507 e. The minimum atomic E-state index is 0.514. The van der Waals surface area contributed by atoms with Gasteiger partial charge in [0.15, 0.2) is 0 Å². The Morgan fingerprint density at radius 1 is 0.810 bits per heavy atom. The van der Waals surface area contributed by atoms with E-state index in [0.29, 0.717) is 5.75 Å². The third-order valence-corrected chi connectivity index (χ3v) is 5.08. The lowest BCUT2D eigenvalue weighted by molar-refractivity contribution is 0.461. The number of hydrogen-bond acceptors (Lipinski definition) is 2. The highest BCUT2D eigenvalue weighted by Crippen LogP contribution is 2.31. The zero-order chi connectivity index (χ0) is 15.5. The number of aromatic hydroxyl groups is 1. The lowest BCUT2D eigenvalue weighted by Crippen LogP contribution is -1.91. The van der Waals surface area contributed by atoms with Gasteiger partial charge in [-0.1, -0.05) is 59.3 Å². The summed E-state index contributed by atoms with van der Waals surface area (Å²) < 4.78 is 0. The summed E-state index contributed by atoms with van der Waals surface area (Å²) in [7, 11) is 0. The van der Waals surface area contributed by atoms with Crippen molar-refractivity contribution in [1.29, 1.82) is 0 Å². The second-order valence-corrected chi connectivity index (χ2v) is 6.94. The summed E-state index contributed by atoms with van der Waals surface area (Å²) in [6.07, 6.45) is 11.4. The summed E-state index contributed by atoms with van der Waals surface area (Å²) in [6.45, 7) is 6.49. The zero-order valence-corrected chi connectivity index (χ0v) is 14.9. The number of unbranched alkanes of at least 4 members (excludes halogenated alkanes) is 6. The third-order valence-electron chi connectivity index (χ3n) is 4.02. The molecule has 1 rings (SSSR count). The summed E-state index contributed by atoms with van der Waals surface area (Å²) in [5.41, 5.74) is 2.19. The van der Waals surface area contributed by atoms with Crippen LogP contribution in [0.4, 0.5) is 0 Å². The maximum Gasteiger partial charge on any atom is 0.122 e. The van der Waals surface area contributed by atoms with Gasteiger partial charge >= 0.3 is 0 Å². The Labute approximate surface area is 135 Å².